The van der Waals surface area contributed by atoms with Gasteiger partial charge in [-0.2, -0.15) is 0 Å². The van der Waals surface area contributed by atoms with Crippen LogP contribution in [0.25, 0.3) is 11.4 Å². The van der Waals surface area contributed by atoms with Crippen LogP contribution in [-0.4, -0.2) is 34.7 Å². The average molecular weight is 401 g/mol. The molecule has 2 heterocycles. The molecule has 0 fully saturated rings. The highest BCUT2D eigenvalue weighted by Gasteiger charge is 2.28. The molecule has 152 valence electrons. The van der Waals surface area contributed by atoms with Crippen LogP contribution < -0.4 is 9.64 Å². The lowest BCUT2D eigenvalue weighted by atomic mass is 10.1. The van der Waals surface area contributed by atoms with Crippen LogP contribution in [0, 0.1) is 0 Å². The van der Waals surface area contributed by atoms with E-state index in [0.29, 0.717) is 0 Å². The van der Waals surface area contributed by atoms with Gasteiger partial charge in [-0.3, -0.25) is 4.79 Å². The Labute approximate surface area is 175 Å². The predicted octanol–water partition coefficient (Wildman–Crippen LogP) is 3.96. The molecular weight excluding hydrogens is 378 g/mol. The number of carboxylic acids is 1. The third kappa shape index (κ3) is 3.28. The highest BCUT2D eigenvalue weighted by atomic mass is 16.5. The van der Waals surface area contributed by atoms with Crippen molar-refractivity contribution in [2.45, 2.75) is 32.1 Å². The van der Waals surface area contributed by atoms with E-state index >= 15 is 0 Å². The molecule has 0 atom stereocenters. The number of anilines is 2. The second-order valence-corrected chi connectivity index (χ2v) is 7.81. The maximum Gasteiger partial charge on any atom is 0.307 e. The van der Waals surface area contributed by atoms with Gasteiger partial charge >= 0.3 is 5.97 Å². The fraction of sp³-hybridized carbons (Fsp3) is 0.292. The van der Waals surface area contributed by atoms with Crippen molar-refractivity contribution in [1.82, 2.24) is 9.97 Å². The number of hydrogen-bond donors (Lipinski definition) is 1. The lowest BCUT2D eigenvalue weighted by Gasteiger charge is -2.22. The van der Waals surface area contributed by atoms with Gasteiger partial charge in [0.15, 0.2) is 5.82 Å². The quantitative estimate of drug-likeness (QED) is 0.697. The monoisotopic (exact) mass is 401 g/mol. The number of rotatable bonds is 5. The molecule has 1 aliphatic heterocycles. The van der Waals surface area contributed by atoms with Gasteiger partial charge in [-0.25, -0.2) is 9.97 Å². The first-order valence-corrected chi connectivity index (χ1v) is 10.3. The number of aromatic nitrogens is 2. The number of benzene rings is 2. The summed E-state index contributed by atoms with van der Waals surface area (Å²) in [6, 6.07) is 13.8. The van der Waals surface area contributed by atoms with Crippen LogP contribution in [0.1, 0.15) is 28.8 Å². The summed E-state index contributed by atoms with van der Waals surface area (Å²) in [4.78, 5) is 23.2. The zero-order chi connectivity index (χ0) is 20.7. The van der Waals surface area contributed by atoms with E-state index < -0.39 is 5.97 Å². The molecule has 2 aliphatic rings. The van der Waals surface area contributed by atoms with E-state index in [2.05, 4.69) is 4.90 Å². The lowest BCUT2D eigenvalue weighted by molar-refractivity contribution is -0.136. The van der Waals surface area contributed by atoms with Gasteiger partial charge in [-0.1, -0.05) is 12.1 Å². The molecule has 6 nitrogen and oxygen atoms in total. The van der Waals surface area contributed by atoms with Crippen LogP contribution in [0.2, 0.25) is 0 Å². The summed E-state index contributed by atoms with van der Waals surface area (Å²) < 4.78 is 5.27. The SMILES string of the molecule is COc1ccc(-c2nc3c(c(N4CCc5cc(CC(=O)O)ccc54)n2)CCC3)cc1. The smallest absolute Gasteiger partial charge is 0.307 e. The minimum absolute atomic E-state index is 0.0534. The van der Waals surface area contributed by atoms with Gasteiger partial charge in [-0.05, 0) is 67.1 Å². The first kappa shape index (κ1) is 18.6. The Morgan fingerprint density at radius 3 is 2.70 bits per heavy atom. The molecule has 0 radical (unpaired) electrons. The Bertz CT molecular complexity index is 1130. The summed E-state index contributed by atoms with van der Waals surface area (Å²) >= 11 is 0. The molecule has 0 amide bonds. The van der Waals surface area contributed by atoms with Crippen molar-refractivity contribution >= 4 is 17.5 Å². The van der Waals surface area contributed by atoms with Crippen LogP contribution in [0.15, 0.2) is 42.5 Å². The Balaban J connectivity index is 1.55. The third-order valence-corrected chi connectivity index (χ3v) is 5.91. The van der Waals surface area contributed by atoms with E-state index in [4.69, 9.17) is 19.8 Å². The number of aryl methyl sites for hydroxylation is 1. The molecular formula is C24H23N3O3. The van der Waals surface area contributed by atoms with Crippen molar-refractivity contribution in [3.8, 4) is 17.1 Å². The number of carbonyl (C=O) groups is 1. The first-order valence-electron chi connectivity index (χ1n) is 10.3. The minimum Gasteiger partial charge on any atom is -0.497 e. The fourth-order valence-corrected chi connectivity index (χ4v) is 4.46. The van der Waals surface area contributed by atoms with Crippen molar-refractivity contribution < 1.29 is 14.6 Å². The van der Waals surface area contributed by atoms with E-state index in [1.165, 1.54) is 11.1 Å². The van der Waals surface area contributed by atoms with Gasteiger partial charge in [0.25, 0.3) is 0 Å². The predicted molar refractivity (Wildman–Crippen MR) is 115 cm³/mol. The third-order valence-electron chi connectivity index (χ3n) is 5.91. The van der Waals surface area contributed by atoms with Gasteiger partial charge in [0.1, 0.15) is 11.6 Å². The zero-order valence-corrected chi connectivity index (χ0v) is 16.9. The highest BCUT2D eigenvalue weighted by molar-refractivity contribution is 5.75. The van der Waals surface area contributed by atoms with Gasteiger partial charge in [0, 0.05) is 29.1 Å². The van der Waals surface area contributed by atoms with Gasteiger partial charge in [-0.15, -0.1) is 0 Å². The van der Waals surface area contributed by atoms with Gasteiger partial charge < -0.3 is 14.7 Å². The second kappa shape index (κ2) is 7.44. The molecule has 0 saturated heterocycles. The summed E-state index contributed by atoms with van der Waals surface area (Å²) in [5.74, 6) is 1.74. The molecule has 0 saturated carbocycles. The molecule has 0 bridgehead atoms. The van der Waals surface area contributed by atoms with Crippen LogP contribution in [0.3, 0.4) is 0 Å². The molecule has 1 aromatic heterocycles. The molecule has 0 spiro atoms. The Morgan fingerprint density at radius 1 is 1.10 bits per heavy atom. The number of carboxylic acid groups (broad SMARTS) is 1. The molecule has 3 aromatic rings. The molecule has 6 heteroatoms. The number of fused-ring (bicyclic) bond motifs is 2. The van der Waals surface area contributed by atoms with Crippen LogP contribution in [0.5, 0.6) is 5.75 Å². The number of methoxy groups -OCH3 is 1. The van der Waals surface area contributed by atoms with E-state index in [0.717, 1.165) is 72.1 Å². The lowest BCUT2D eigenvalue weighted by Crippen LogP contribution is -2.18. The molecule has 5 rings (SSSR count). The van der Waals surface area contributed by atoms with Crippen LogP contribution in [-0.2, 0) is 30.5 Å². The largest absolute Gasteiger partial charge is 0.497 e. The number of nitrogens with zero attached hydrogens (tertiary/aromatic N) is 3. The van der Waals surface area contributed by atoms with Crippen molar-refractivity contribution in [1.29, 1.82) is 0 Å². The number of ether oxygens (including phenoxy) is 1. The maximum absolute atomic E-state index is 11.1. The van der Waals surface area contributed by atoms with Gasteiger partial charge in [0.2, 0.25) is 0 Å². The normalized spacial score (nSPS) is 14.5. The molecule has 0 unspecified atom stereocenters. The highest BCUT2D eigenvalue weighted by Crippen LogP contribution is 2.39. The fourth-order valence-electron chi connectivity index (χ4n) is 4.46. The Hall–Kier alpha value is -3.41. The summed E-state index contributed by atoms with van der Waals surface area (Å²) in [7, 11) is 1.66. The maximum atomic E-state index is 11.1. The van der Waals surface area contributed by atoms with E-state index in [9.17, 15) is 4.79 Å². The summed E-state index contributed by atoms with van der Waals surface area (Å²) in [5.41, 5.74) is 6.51. The van der Waals surface area contributed by atoms with Crippen LogP contribution in [0.4, 0.5) is 11.5 Å². The van der Waals surface area contributed by atoms with E-state index in [1.807, 2.05) is 42.5 Å². The number of aliphatic carboxylic acids is 1. The second-order valence-electron chi connectivity index (χ2n) is 7.81. The molecule has 30 heavy (non-hydrogen) atoms. The van der Waals surface area contributed by atoms with Crippen molar-refractivity contribution in [3.05, 3.63) is 64.8 Å². The molecule has 2 aromatic carbocycles. The van der Waals surface area contributed by atoms with E-state index in [-0.39, 0.29) is 6.42 Å². The minimum atomic E-state index is -0.803. The average Bonchev–Trinajstić information content (AvgIpc) is 3.39. The standard InChI is InChI=1S/C24H23N3O3/c1-30-18-8-6-16(7-9-18)23-25-20-4-2-3-19(20)24(26-23)27-12-11-17-13-15(14-22(28)29)5-10-21(17)27/h5-10,13H,2-4,11-12,14H2,1H3,(H,28,29). The Kier molecular flexibility index (Phi) is 4.62. The topological polar surface area (TPSA) is 75.5 Å². The van der Waals surface area contributed by atoms with Crippen LogP contribution >= 0.6 is 0 Å². The van der Waals surface area contributed by atoms with Gasteiger partial charge in [0.05, 0.1) is 13.5 Å². The number of hydrogen-bond acceptors (Lipinski definition) is 5. The summed E-state index contributed by atoms with van der Waals surface area (Å²) in [6.07, 6.45) is 4.02. The Morgan fingerprint density at radius 2 is 1.93 bits per heavy atom. The van der Waals surface area contributed by atoms with Crippen molar-refractivity contribution in [2.24, 2.45) is 0 Å². The molecule has 1 aliphatic carbocycles. The van der Waals surface area contributed by atoms with E-state index in [1.54, 1.807) is 7.11 Å². The summed E-state index contributed by atoms with van der Waals surface area (Å²) in [6.45, 7) is 0.845. The van der Waals surface area contributed by atoms with Crippen molar-refractivity contribution in [3.63, 3.8) is 0 Å². The summed E-state index contributed by atoms with van der Waals surface area (Å²) in [5, 5.41) is 9.09. The van der Waals surface area contributed by atoms with Crippen molar-refractivity contribution in [2.75, 3.05) is 18.6 Å². The zero-order valence-electron chi connectivity index (χ0n) is 16.9. The first-order chi connectivity index (χ1) is 14.6. The molecule has 1 N–H and O–H groups in total.